The maximum absolute atomic E-state index is 10.7. The fourth-order valence-corrected chi connectivity index (χ4v) is 2.74. The molecule has 2 rings (SSSR count). The number of thiazole rings is 1. The normalized spacial score (nSPS) is 12.6. The van der Waals surface area contributed by atoms with E-state index in [0.717, 1.165) is 10.7 Å². The Kier molecular flexibility index (Phi) is 4.27. The first-order chi connectivity index (χ1) is 9.01. The predicted molar refractivity (Wildman–Crippen MR) is 73.2 cm³/mol. The Morgan fingerprint density at radius 2 is 2.42 bits per heavy atom. The van der Waals surface area contributed by atoms with Gasteiger partial charge in [-0.15, -0.1) is 11.3 Å². The van der Waals surface area contributed by atoms with E-state index < -0.39 is 4.92 Å². The van der Waals surface area contributed by atoms with Crippen molar-refractivity contribution < 1.29 is 9.66 Å². The number of rotatable bonds is 5. The van der Waals surface area contributed by atoms with Gasteiger partial charge in [-0.2, -0.15) is 4.68 Å². The van der Waals surface area contributed by atoms with Crippen molar-refractivity contribution in [2.75, 3.05) is 7.11 Å². The van der Waals surface area contributed by atoms with Crippen LogP contribution in [-0.2, 0) is 11.3 Å². The number of hydrogen-bond donors (Lipinski definition) is 0. The Morgan fingerprint density at radius 1 is 1.68 bits per heavy atom. The van der Waals surface area contributed by atoms with Crippen LogP contribution in [0.3, 0.4) is 0 Å². The van der Waals surface area contributed by atoms with Crippen molar-refractivity contribution in [1.82, 2.24) is 14.8 Å². The molecule has 0 saturated heterocycles. The summed E-state index contributed by atoms with van der Waals surface area (Å²) in [6, 6.07) is 0. The summed E-state index contributed by atoms with van der Waals surface area (Å²) < 4.78 is 7.03. The molecule has 0 radical (unpaired) electrons. The van der Waals surface area contributed by atoms with Crippen LogP contribution in [0.25, 0.3) is 0 Å². The minimum absolute atomic E-state index is 0.0579. The maximum atomic E-state index is 10.7. The molecule has 7 nitrogen and oxygen atoms in total. The zero-order valence-electron chi connectivity index (χ0n) is 10.2. The zero-order valence-corrected chi connectivity index (χ0v) is 12.6. The van der Waals surface area contributed by atoms with Crippen LogP contribution in [0.5, 0.6) is 0 Å². The van der Waals surface area contributed by atoms with Crippen molar-refractivity contribution in [2.24, 2.45) is 0 Å². The second kappa shape index (κ2) is 5.76. The monoisotopic (exact) mass is 346 g/mol. The minimum atomic E-state index is -0.528. The van der Waals surface area contributed by atoms with Crippen LogP contribution in [0.2, 0.25) is 0 Å². The number of methoxy groups -OCH3 is 1. The molecule has 2 aromatic rings. The lowest BCUT2D eigenvalue weighted by molar-refractivity contribution is -0.390. The molecule has 9 heteroatoms. The van der Waals surface area contributed by atoms with Crippen LogP contribution in [0.4, 0.5) is 5.82 Å². The van der Waals surface area contributed by atoms with E-state index >= 15 is 0 Å². The van der Waals surface area contributed by atoms with Gasteiger partial charge in [0.25, 0.3) is 0 Å². The Bertz CT molecular complexity index is 597. The van der Waals surface area contributed by atoms with Crippen molar-refractivity contribution in [1.29, 1.82) is 0 Å². The van der Waals surface area contributed by atoms with Crippen LogP contribution in [-0.4, -0.2) is 26.8 Å². The van der Waals surface area contributed by atoms with E-state index in [1.165, 1.54) is 16.0 Å². The van der Waals surface area contributed by atoms with Crippen LogP contribution in [0.15, 0.2) is 16.0 Å². The van der Waals surface area contributed by atoms with Gasteiger partial charge in [-0.1, -0.05) is 0 Å². The lowest BCUT2D eigenvalue weighted by atomic mass is 10.4. The van der Waals surface area contributed by atoms with Gasteiger partial charge in [0.1, 0.15) is 22.1 Å². The summed E-state index contributed by atoms with van der Waals surface area (Å²) in [5.41, 5.74) is 0.800. The Hall–Kier alpha value is -1.32. The molecule has 102 valence electrons. The van der Waals surface area contributed by atoms with E-state index in [-0.39, 0.29) is 11.9 Å². The molecule has 0 unspecified atom stereocenters. The smallest absolute Gasteiger partial charge is 0.375 e. The highest BCUT2D eigenvalue weighted by molar-refractivity contribution is 9.10. The molecule has 0 aromatic carbocycles. The summed E-state index contributed by atoms with van der Waals surface area (Å²) in [5.74, 6) is -0.194. The van der Waals surface area contributed by atoms with E-state index in [0.29, 0.717) is 11.0 Å². The molecule has 2 heterocycles. The molecule has 0 aliphatic heterocycles. The van der Waals surface area contributed by atoms with Crippen LogP contribution < -0.4 is 0 Å². The van der Waals surface area contributed by atoms with Crippen LogP contribution in [0.1, 0.15) is 23.7 Å². The van der Waals surface area contributed by atoms with Gasteiger partial charge >= 0.3 is 5.82 Å². The molecular formula is C10H11BrN4O3S. The van der Waals surface area contributed by atoms with E-state index in [9.17, 15) is 10.1 Å². The zero-order chi connectivity index (χ0) is 14.0. The molecule has 0 aliphatic carbocycles. The van der Waals surface area contributed by atoms with Crippen molar-refractivity contribution in [3.63, 3.8) is 0 Å². The summed E-state index contributed by atoms with van der Waals surface area (Å²) >= 11 is 4.60. The molecule has 0 N–H and O–H groups in total. The third-order valence-electron chi connectivity index (χ3n) is 2.47. The molecule has 0 fully saturated rings. The predicted octanol–water partition coefficient (Wildman–Crippen LogP) is 2.77. The molecule has 0 bridgehead atoms. The van der Waals surface area contributed by atoms with Crippen LogP contribution >= 0.6 is 27.3 Å². The first-order valence-electron chi connectivity index (χ1n) is 5.35. The number of ether oxygens (including phenoxy) is 1. The Balaban J connectivity index is 2.15. The highest BCUT2D eigenvalue weighted by Gasteiger charge is 2.19. The largest absolute Gasteiger partial charge is 0.404 e. The Morgan fingerprint density at radius 3 is 3.00 bits per heavy atom. The lowest BCUT2D eigenvalue weighted by Gasteiger charge is -2.03. The summed E-state index contributed by atoms with van der Waals surface area (Å²) in [6.45, 7) is 2.30. The van der Waals surface area contributed by atoms with Crippen molar-refractivity contribution in [3.05, 3.63) is 36.9 Å². The van der Waals surface area contributed by atoms with Crippen molar-refractivity contribution >= 4 is 33.1 Å². The van der Waals surface area contributed by atoms with Gasteiger partial charge in [0.05, 0.1) is 17.0 Å². The molecule has 0 amide bonds. The average molecular weight is 347 g/mol. The number of hydrogen-bond acceptors (Lipinski definition) is 6. The van der Waals surface area contributed by atoms with E-state index in [1.807, 2.05) is 12.3 Å². The van der Waals surface area contributed by atoms with E-state index in [2.05, 4.69) is 26.0 Å². The lowest BCUT2D eigenvalue weighted by Crippen LogP contribution is -2.02. The summed E-state index contributed by atoms with van der Waals surface area (Å²) in [4.78, 5) is 14.6. The Labute approximate surface area is 121 Å². The number of nitro groups is 1. The molecular weight excluding hydrogens is 336 g/mol. The van der Waals surface area contributed by atoms with Gasteiger partial charge < -0.3 is 14.9 Å². The highest BCUT2D eigenvalue weighted by Crippen LogP contribution is 2.24. The molecule has 0 aliphatic rings. The van der Waals surface area contributed by atoms with Crippen molar-refractivity contribution in [3.8, 4) is 0 Å². The SMILES string of the molecule is CO[C@H](C)c1nc(Cn2cc(Br)c([N+](=O)[O-])n2)cs1. The van der Waals surface area contributed by atoms with Gasteiger partial charge in [0.15, 0.2) is 0 Å². The van der Waals surface area contributed by atoms with Crippen molar-refractivity contribution in [2.45, 2.75) is 19.6 Å². The minimum Gasteiger partial charge on any atom is -0.375 e. The van der Waals surface area contributed by atoms with Gasteiger partial charge in [0, 0.05) is 12.5 Å². The molecule has 2 aromatic heterocycles. The number of halogens is 1. The molecule has 0 saturated carbocycles. The highest BCUT2D eigenvalue weighted by atomic mass is 79.9. The van der Waals surface area contributed by atoms with Crippen LogP contribution in [0, 0.1) is 10.1 Å². The third kappa shape index (κ3) is 3.17. The first-order valence-corrected chi connectivity index (χ1v) is 7.03. The van der Waals surface area contributed by atoms with Gasteiger partial charge in [-0.3, -0.25) is 0 Å². The number of nitrogens with zero attached hydrogens (tertiary/aromatic N) is 4. The van der Waals surface area contributed by atoms with E-state index in [1.54, 1.807) is 13.3 Å². The molecule has 19 heavy (non-hydrogen) atoms. The second-order valence-corrected chi connectivity index (χ2v) is 5.55. The second-order valence-electron chi connectivity index (χ2n) is 3.81. The maximum Gasteiger partial charge on any atom is 0.404 e. The summed E-state index contributed by atoms with van der Waals surface area (Å²) in [6.07, 6.45) is 1.51. The standard InChI is InChI=1S/C10H11BrN4O3S/c1-6(18-2)10-12-7(5-19-10)3-14-4-8(11)9(13-14)15(16)17/h4-6H,3H2,1-2H3/t6-/m1/s1. The van der Waals surface area contributed by atoms with Gasteiger partial charge in [-0.25, -0.2) is 4.98 Å². The fourth-order valence-electron chi connectivity index (χ4n) is 1.44. The average Bonchev–Trinajstić information content (AvgIpc) is 2.95. The third-order valence-corrected chi connectivity index (χ3v) is 4.08. The quantitative estimate of drug-likeness (QED) is 0.613. The molecule has 0 spiro atoms. The van der Waals surface area contributed by atoms with Gasteiger partial charge in [-0.05, 0) is 27.8 Å². The summed E-state index contributed by atoms with van der Waals surface area (Å²) in [7, 11) is 1.62. The summed E-state index contributed by atoms with van der Waals surface area (Å²) in [5, 5.41) is 17.3. The fraction of sp³-hybridized carbons (Fsp3) is 0.400. The first kappa shape index (κ1) is 14.1. The molecule has 1 atom stereocenters. The number of aromatic nitrogens is 3. The van der Waals surface area contributed by atoms with Gasteiger partial charge in [0.2, 0.25) is 0 Å². The van der Waals surface area contributed by atoms with E-state index in [4.69, 9.17) is 4.74 Å². The topological polar surface area (TPSA) is 83.1 Å².